The molecule has 0 saturated carbocycles. The minimum atomic E-state index is -1.51. The number of hydrogen-bond donors (Lipinski definition) is 0. The monoisotopic (exact) mass is 938 g/mol. The van der Waals surface area contributed by atoms with Gasteiger partial charge in [-0.15, -0.1) is 54.1 Å². The zero-order valence-corrected chi connectivity index (χ0v) is 36.5. The molecule has 3 heterocycles. The van der Waals surface area contributed by atoms with Crippen molar-refractivity contribution in [2.24, 2.45) is 5.41 Å². The van der Waals surface area contributed by atoms with E-state index in [9.17, 15) is 0 Å². The molecule has 0 aliphatic heterocycles. The van der Waals surface area contributed by atoms with Crippen LogP contribution >= 0.6 is 0 Å². The molecule has 3 aromatic heterocycles. The van der Waals surface area contributed by atoms with Gasteiger partial charge in [0.05, 0.1) is 22.4 Å². The average molecular weight is 938 g/mol. The van der Waals surface area contributed by atoms with Crippen LogP contribution in [-0.2, 0) is 26.5 Å². The van der Waals surface area contributed by atoms with Gasteiger partial charge in [0.2, 0.25) is 0 Å². The van der Waals surface area contributed by atoms with Crippen LogP contribution < -0.4 is 0 Å². The first-order valence-corrected chi connectivity index (χ1v) is 19.8. The average Bonchev–Trinajstić information content (AvgIpc) is 3.83. The van der Waals surface area contributed by atoms with Crippen molar-refractivity contribution >= 4 is 33.0 Å². The molecule has 6 aromatic carbocycles. The number of imidazole rings is 1. The van der Waals surface area contributed by atoms with Crippen molar-refractivity contribution in [3.05, 3.63) is 175 Å². The summed E-state index contributed by atoms with van der Waals surface area (Å²) in [6, 6.07) is 53.7. The molecule has 4 nitrogen and oxygen atoms in total. The fourth-order valence-corrected chi connectivity index (χ4v) is 7.61. The molecule has 0 bridgehead atoms. The largest absolute Gasteiger partial charge is 0.500 e. The first-order valence-electron chi connectivity index (χ1n) is 20.8. The van der Waals surface area contributed by atoms with Crippen LogP contribution in [0.25, 0.3) is 72.4 Å². The maximum Gasteiger partial charge on any atom is 0.128 e. The molecular weight excluding hydrogens is 887 g/mol. The zero-order valence-electron chi connectivity index (χ0n) is 36.1. The minimum absolute atomic E-state index is 0. The van der Waals surface area contributed by atoms with Crippen LogP contribution in [0.5, 0.6) is 0 Å². The van der Waals surface area contributed by atoms with Gasteiger partial charge in [-0.3, -0.25) is 4.98 Å². The third kappa shape index (κ3) is 8.21. The summed E-state index contributed by atoms with van der Waals surface area (Å²) in [6.07, 6.45) is 0.159. The third-order valence-corrected chi connectivity index (χ3v) is 10.2. The predicted molar refractivity (Wildman–Crippen MR) is 238 cm³/mol. The van der Waals surface area contributed by atoms with E-state index in [1.165, 1.54) is 16.8 Å². The van der Waals surface area contributed by atoms with Crippen molar-refractivity contribution in [3.8, 4) is 39.5 Å². The number of furan rings is 1. The summed E-state index contributed by atoms with van der Waals surface area (Å²) in [7, 11) is 0. The molecule has 0 aliphatic carbocycles. The Labute approximate surface area is 359 Å². The van der Waals surface area contributed by atoms with E-state index in [0.717, 1.165) is 55.5 Å². The summed E-state index contributed by atoms with van der Waals surface area (Å²) in [4.78, 5) is 9.54. The molecule has 0 fully saturated rings. The molecule has 0 amide bonds. The van der Waals surface area contributed by atoms with Crippen molar-refractivity contribution in [2.45, 2.75) is 66.7 Å². The summed E-state index contributed by atoms with van der Waals surface area (Å²) in [5.41, 5.74) is 12.3. The second-order valence-electron chi connectivity index (χ2n) is 16.2. The molecule has 9 rings (SSSR count). The maximum atomic E-state index is 8.66. The molecule has 0 unspecified atom stereocenters. The number of nitrogens with zero attached hydrogens (tertiary/aromatic N) is 3. The van der Waals surface area contributed by atoms with Crippen LogP contribution in [0.2, 0.25) is 0 Å². The summed E-state index contributed by atoms with van der Waals surface area (Å²) in [6.45, 7) is 14.8. The number of hydrogen-bond acceptors (Lipinski definition) is 3. The van der Waals surface area contributed by atoms with E-state index in [1.807, 2.05) is 81.4 Å². The van der Waals surface area contributed by atoms with E-state index in [0.29, 0.717) is 28.7 Å². The Morgan fingerprint density at radius 2 is 1.40 bits per heavy atom. The minimum Gasteiger partial charge on any atom is -0.500 e. The molecule has 0 saturated heterocycles. The molecule has 1 radical (unpaired) electrons. The van der Waals surface area contributed by atoms with Gasteiger partial charge >= 0.3 is 0 Å². The Bertz CT molecular complexity index is 2880. The van der Waals surface area contributed by atoms with Crippen LogP contribution in [-0.4, -0.2) is 14.5 Å². The first-order chi connectivity index (χ1) is 28.3. The Morgan fingerprint density at radius 1 is 0.707 bits per heavy atom. The van der Waals surface area contributed by atoms with Gasteiger partial charge in [0, 0.05) is 45.7 Å². The molecule has 5 heteroatoms. The number of fused-ring (bicyclic) bond motifs is 4. The Balaban J connectivity index is 0.000000181. The van der Waals surface area contributed by atoms with Gasteiger partial charge in [-0.25, -0.2) is 0 Å². The van der Waals surface area contributed by atoms with Gasteiger partial charge < -0.3 is 14.0 Å². The summed E-state index contributed by atoms with van der Waals surface area (Å²) >= 11 is 0. The smallest absolute Gasteiger partial charge is 0.128 e. The van der Waals surface area contributed by atoms with Crippen LogP contribution in [0.4, 0.5) is 0 Å². The van der Waals surface area contributed by atoms with Crippen molar-refractivity contribution in [1.29, 1.82) is 0 Å². The standard InChI is InChI=1S/C28H24NO.C25H25N2.Ir/c1-28(2,3)18-19-15-16-29-25(17-19)24-14-8-13-23-22-12-7-11-21(26(22)30-27(23)24)20-9-5-4-6-10-20;1-17(2)20-13-10-14-21(18(3)4)24(20)27-23-16-9-8-15-22(23)26-25(27)19-11-6-5-7-12-19;/h4-13,15-17H,18H2,1-3H3;5-11,13-18H,1-4H3;/q2*-1;/i18D2;;. The van der Waals surface area contributed by atoms with Crippen molar-refractivity contribution in [3.63, 3.8) is 0 Å². The number of benzene rings is 6. The molecule has 293 valence electrons. The summed E-state index contributed by atoms with van der Waals surface area (Å²) in [5.74, 6) is 1.80. The molecule has 0 atom stereocenters. The molecule has 9 aromatic rings. The fraction of sp³-hybridized carbons (Fsp3) is 0.208. The van der Waals surface area contributed by atoms with E-state index >= 15 is 0 Å². The number of pyridine rings is 1. The van der Waals surface area contributed by atoms with E-state index in [2.05, 4.69) is 122 Å². The quantitative estimate of drug-likeness (QED) is 0.150. The summed E-state index contributed by atoms with van der Waals surface area (Å²) in [5, 5.41) is 2.04. The zero-order chi connectivity index (χ0) is 41.5. The fourth-order valence-electron chi connectivity index (χ4n) is 7.61. The Morgan fingerprint density at radius 3 is 2.10 bits per heavy atom. The van der Waals surface area contributed by atoms with E-state index < -0.39 is 11.8 Å². The third-order valence-electron chi connectivity index (χ3n) is 10.2. The predicted octanol–water partition coefficient (Wildman–Crippen LogP) is 14.4. The topological polar surface area (TPSA) is 43.9 Å². The normalized spacial score (nSPS) is 12.4. The molecule has 0 N–H and O–H groups in total. The van der Waals surface area contributed by atoms with Gasteiger partial charge in [-0.2, -0.15) is 0 Å². The number of para-hydroxylation sites is 4. The SMILES string of the molecule is CC(C)c1cccc(C(C)C)c1-n1c(-c2[c-]cccc2)nc2ccccc21.[2H]C([2H])(c1ccnc(-c2[c-]ccc3c2oc2c(-c4ccccc4)cccc23)c1)C(C)(C)C.[Ir]. The van der Waals surface area contributed by atoms with Crippen LogP contribution in [0.1, 0.15) is 79.7 Å². The molecule has 0 aliphatic rings. The van der Waals surface area contributed by atoms with Gasteiger partial charge in [-0.1, -0.05) is 150 Å². The Kier molecular flexibility index (Phi) is 11.2. The van der Waals surface area contributed by atoms with Crippen molar-refractivity contribution in [2.75, 3.05) is 0 Å². The number of rotatable bonds is 7. The van der Waals surface area contributed by atoms with Crippen molar-refractivity contribution < 1.29 is 27.3 Å². The Hall–Kier alpha value is -5.61. The second kappa shape index (κ2) is 17.1. The second-order valence-corrected chi connectivity index (χ2v) is 16.2. The van der Waals surface area contributed by atoms with Gasteiger partial charge in [0.25, 0.3) is 0 Å². The molecule has 0 spiro atoms. The summed E-state index contributed by atoms with van der Waals surface area (Å²) < 4.78 is 26.1. The van der Waals surface area contributed by atoms with Gasteiger partial charge in [0.1, 0.15) is 5.58 Å². The number of aromatic nitrogens is 3. The maximum absolute atomic E-state index is 8.66. The van der Waals surface area contributed by atoms with E-state index in [-0.39, 0.29) is 20.1 Å². The molecular formula is C53H49IrN3O-2. The molecule has 58 heavy (non-hydrogen) atoms. The van der Waals surface area contributed by atoms with Crippen LogP contribution in [0.3, 0.4) is 0 Å². The van der Waals surface area contributed by atoms with Gasteiger partial charge in [0.15, 0.2) is 0 Å². The van der Waals surface area contributed by atoms with Crippen molar-refractivity contribution in [1.82, 2.24) is 14.5 Å². The van der Waals surface area contributed by atoms with Gasteiger partial charge in [-0.05, 0) is 64.2 Å². The van der Waals surface area contributed by atoms with Crippen LogP contribution in [0.15, 0.2) is 150 Å². The van der Waals surface area contributed by atoms with E-state index in [1.54, 1.807) is 12.3 Å². The van der Waals surface area contributed by atoms with E-state index in [4.69, 9.17) is 12.1 Å². The van der Waals surface area contributed by atoms with Crippen LogP contribution in [0, 0.1) is 17.5 Å². The first kappa shape index (κ1) is 37.9.